The lowest BCUT2D eigenvalue weighted by molar-refractivity contribution is -0.0505. The van der Waals surface area contributed by atoms with E-state index in [0.717, 1.165) is 12.8 Å². The van der Waals surface area contributed by atoms with E-state index in [9.17, 15) is 13.6 Å². The van der Waals surface area contributed by atoms with Crippen molar-refractivity contribution in [3.63, 3.8) is 0 Å². The topological polar surface area (TPSA) is 55.8 Å². The molecule has 0 radical (unpaired) electrons. The number of carboxylic acid groups (broad SMARTS) is 1. The quantitative estimate of drug-likeness (QED) is 0.882. The van der Waals surface area contributed by atoms with Crippen LogP contribution in [0.25, 0.3) is 0 Å². The molecule has 0 atom stereocenters. The maximum absolute atomic E-state index is 12.3. The predicted octanol–water partition coefficient (Wildman–Crippen LogP) is 2.87. The Morgan fingerprint density at radius 1 is 1.44 bits per heavy atom. The number of methoxy groups -OCH3 is 1. The zero-order valence-electron chi connectivity index (χ0n) is 9.65. The van der Waals surface area contributed by atoms with Crippen molar-refractivity contribution in [2.75, 3.05) is 7.11 Å². The minimum atomic E-state index is -2.94. The highest BCUT2D eigenvalue weighted by Crippen LogP contribution is 2.50. The minimum Gasteiger partial charge on any atom is -0.495 e. The van der Waals surface area contributed by atoms with Gasteiger partial charge in [-0.1, -0.05) is 0 Å². The third-order valence-corrected chi connectivity index (χ3v) is 2.79. The van der Waals surface area contributed by atoms with Gasteiger partial charge in [-0.2, -0.15) is 8.78 Å². The molecule has 0 aromatic heterocycles. The average molecular weight is 258 g/mol. The molecule has 1 aliphatic rings. The molecule has 18 heavy (non-hydrogen) atoms. The Hall–Kier alpha value is -1.85. The van der Waals surface area contributed by atoms with Gasteiger partial charge in [-0.15, -0.1) is 0 Å². The number of rotatable bonds is 5. The molecule has 0 heterocycles. The first-order valence-electron chi connectivity index (χ1n) is 5.43. The number of carbonyl (C=O) groups is 1. The van der Waals surface area contributed by atoms with Crippen molar-refractivity contribution >= 4 is 5.97 Å². The van der Waals surface area contributed by atoms with Gasteiger partial charge < -0.3 is 14.6 Å². The monoisotopic (exact) mass is 258 g/mol. The number of alkyl halides is 2. The number of benzene rings is 1. The third-order valence-electron chi connectivity index (χ3n) is 2.79. The zero-order valence-corrected chi connectivity index (χ0v) is 9.65. The lowest BCUT2D eigenvalue weighted by Crippen LogP contribution is -2.08. The number of hydrogen-bond acceptors (Lipinski definition) is 3. The van der Waals surface area contributed by atoms with Gasteiger partial charge in [0.15, 0.2) is 0 Å². The number of aromatic carboxylic acids is 1. The number of halogens is 2. The van der Waals surface area contributed by atoms with E-state index in [2.05, 4.69) is 4.74 Å². The Labute approximate surface area is 102 Å². The van der Waals surface area contributed by atoms with E-state index in [1.807, 2.05) is 0 Å². The van der Waals surface area contributed by atoms with Crippen molar-refractivity contribution in [3.8, 4) is 11.5 Å². The normalized spacial score (nSPS) is 14.7. The summed E-state index contributed by atoms with van der Waals surface area (Å²) in [6, 6.07) is 2.47. The van der Waals surface area contributed by atoms with Gasteiger partial charge in [0, 0.05) is 5.56 Å². The number of ether oxygens (including phenoxy) is 2. The molecule has 1 fully saturated rings. The van der Waals surface area contributed by atoms with Gasteiger partial charge in [0.25, 0.3) is 0 Å². The lowest BCUT2D eigenvalue weighted by atomic mass is 10.0. The van der Waals surface area contributed by atoms with Crippen LogP contribution in [0.15, 0.2) is 12.1 Å². The third kappa shape index (κ3) is 2.37. The molecule has 0 saturated heterocycles. The van der Waals surface area contributed by atoms with Crippen LogP contribution in [0.3, 0.4) is 0 Å². The molecule has 1 N–H and O–H groups in total. The average Bonchev–Trinajstić information content (AvgIpc) is 3.10. The summed E-state index contributed by atoms with van der Waals surface area (Å²) in [4.78, 5) is 11.0. The lowest BCUT2D eigenvalue weighted by Gasteiger charge is -2.15. The van der Waals surface area contributed by atoms with Gasteiger partial charge in [0.2, 0.25) is 0 Å². The maximum Gasteiger partial charge on any atom is 0.387 e. The molecule has 0 aliphatic heterocycles. The smallest absolute Gasteiger partial charge is 0.387 e. The fourth-order valence-electron chi connectivity index (χ4n) is 1.93. The van der Waals surface area contributed by atoms with Crippen LogP contribution in [0.2, 0.25) is 0 Å². The Kier molecular flexibility index (Phi) is 3.36. The highest BCUT2D eigenvalue weighted by molar-refractivity contribution is 5.92. The highest BCUT2D eigenvalue weighted by atomic mass is 19.3. The zero-order chi connectivity index (χ0) is 13.3. The molecule has 1 saturated carbocycles. The summed E-state index contributed by atoms with van der Waals surface area (Å²) in [5.74, 6) is -1.01. The first-order valence-corrected chi connectivity index (χ1v) is 5.43. The molecule has 1 aromatic carbocycles. The minimum absolute atomic E-state index is 0.00523. The maximum atomic E-state index is 12.3. The van der Waals surface area contributed by atoms with E-state index in [4.69, 9.17) is 9.84 Å². The predicted molar refractivity (Wildman–Crippen MR) is 58.6 cm³/mol. The molecule has 6 heteroatoms. The highest BCUT2D eigenvalue weighted by Gasteiger charge is 2.33. The Morgan fingerprint density at radius 3 is 2.56 bits per heavy atom. The van der Waals surface area contributed by atoms with Crippen LogP contribution in [0.5, 0.6) is 11.5 Å². The summed E-state index contributed by atoms with van der Waals surface area (Å²) in [6.07, 6.45) is 1.64. The summed E-state index contributed by atoms with van der Waals surface area (Å²) >= 11 is 0. The first-order chi connectivity index (χ1) is 8.54. The molecule has 0 spiro atoms. The van der Waals surface area contributed by atoms with Crippen LogP contribution in [0.4, 0.5) is 8.78 Å². The van der Waals surface area contributed by atoms with Crippen molar-refractivity contribution in [1.29, 1.82) is 0 Å². The molecular weight excluding hydrogens is 246 g/mol. The van der Waals surface area contributed by atoms with Crippen molar-refractivity contribution in [2.45, 2.75) is 25.4 Å². The van der Waals surface area contributed by atoms with Crippen LogP contribution in [0, 0.1) is 0 Å². The van der Waals surface area contributed by atoms with Crippen molar-refractivity contribution in [2.24, 2.45) is 0 Å². The second kappa shape index (κ2) is 4.80. The van der Waals surface area contributed by atoms with Crippen molar-refractivity contribution in [1.82, 2.24) is 0 Å². The number of hydrogen-bond donors (Lipinski definition) is 1. The molecular formula is C12H12F2O4. The second-order valence-electron chi connectivity index (χ2n) is 4.02. The summed E-state index contributed by atoms with van der Waals surface area (Å²) in [5, 5.41) is 9.03. The van der Waals surface area contributed by atoms with Crippen LogP contribution in [-0.2, 0) is 0 Å². The molecule has 0 amide bonds. The largest absolute Gasteiger partial charge is 0.495 e. The fraction of sp³-hybridized carbons (Fsp3) is 0.417. The van der Waals surface area contributed by atoms with E-state index in [-0.39, 0.29) is 23.0 Å². The summed E-state index contributed by atoms with van der Waals surface area (Å²) in [6.45, 7) is -2.94. The van der Waals surface area contributed by atoms with Gasteiger partial charge >= 0.3 is 12.6 Å². The van der Waals surface area contributed by atoms with Crippen LogP contribution < -0.4 is 9.47 Å². The van der Waals surface area contributed by atoms with Gasteiger partial charge in [-0.05, 0) is 30.9 Å². The summed E-state index contributed by atoms with van der Waals surface area (Å²) < 4.78 is 34.1. The second-order valence-corrected chi connectivity index (χ2v) is 4.02. The van der Waals surface area contributed by atoms with Gasteiger partial charge in [-0.25, -0.2) is 4.79 Å². The Balaban J connectivity index is 2.52. The molecule has 4 nitrogen and oxygen atoms in total. The molecule has 0 bridgehead atoms. The molecule has 1 aliphatic carbocycles. The van der Waals surface area contributed by atoms with Gasteiger partial charge in [0.1, 0.15) is 17.1 Å². The molecule has 0 unspecified atom stereocenters. The van der Waals surface area contributed by atoms with Gasteiger partial charge in [-0.3, -0.25) is 0 Å². The van der Waals surface area contributed by atoms with Crippen LogP contribution >= 0.6 is 0 Å². The molecule has 98 valence electrons. The van der Waals surface area contributed by atoms with E-state index in [1.54, 1.807) is 0 Å². The SMILES string of the molecule is COc1c(C(=O)O)ccc(OC(F)F)c1C1CC1. The van der Waals surface area contributed by atoms with Gasteiger partial charge in [0.05, 0.1) is 7.11 Å². The van der Waals surface area contributed by atoms with Crippen molar-refractivity contribution < 1.29 is 28.2 Å². The van der Waals surface area contributed by atoms with E-state index in [0.29, 0.717) is 5.56 Å². The fourth-order valence-corrected chi connectivity index (χ4v) is 1.93. The van der Waals surface area contributed by atoms with E-state index < -0.39 is 12.6 Å². The Morgan fingerprint density at radius 2 is 2.11 bits per heavy atom. The molecule has 1 aromatic rings. The Bertz CT molecular complexity index is 469. The van der Waals surface area contributed by atoms with Crippen LogP contribution in [0.1, 0.15) is 34.7 Å². The standard InChI is InChI=1S/C12H12F2O4/c1-17-10-7(11(15)16)4-5-8(18-12(13)14)9(10)6-2-3-6/h4-6,12H,2-3H2,1H3,(H,15,16). The first kappa shape index (κ1) is 12.6. The summed E-state index contributed by atoms with van der Waals surface area (Å²) in [7, 11) is 1.32. The molecule has 2 rings (SSSR count). The van der Waals surface area contributed by atoms with E-state index in [1.165, 1.54) is 19.2 Å². The van der Waals surface area contributed by atoms with Crippen LogP contribution in [-0.4, -0.2) is 24.8 Å². The summed E-state index contributed by atoms with van der Waals surface area (Å²) in [5.41, 5.74) is 0.388. The van der Waals surface area contributed by atoms with Crippen molar-refractivity contribution in [3.05, 3.63) is 23.3 Å². The van der Waals surface area contributed by atoms with E-state index >= 15 is 0 Å². The number of carboxylic acids is 1.